The van der Waals surface area contributed by atoms with E-state index in [9.17, 15) is 18.0 Å². The zero-order valence-electron chi connectivity index (χ0n) is 19.3. The molecule has 0 unspecified atom stereocenters. The molecule has 0 saturated carbocycles. The second kappa shape index (κ2) is 11.9. The largest absolute Gasteiger partial charge is 0.493 e. The van der Waals surface area contributed by atoms with Crippen LogP contribution in [0, 0.1) is 0 Å². The summed E-state index contributed by atoms with van der Waals surface area (Å²) in [5.74, 6) is 0.00300. The summed E-state index contributed by atoms with van der Waals surface area (Å²) in [6.45, 7) is -0.132. The molecule has 10 heteroatoms. The molecule has 1 amide bonds. The van der Waals surface area contributed by atoms with E-state index in [4.69, 9.17) is 14.2 Å². The number of amides is 1. The van der Waals surface area contributed by atoms with E-state index in [1.165, 1.54) is 36.4 Å². The molecule has 184 valence electrons. The standard InChI is InChI=1S/C25H26N2O7S/c1-32-22-12-11-18(15-23(22)33-2)13-14-26-24(28)17-34-25(29)19-7-6-8-20(16-19)27-35(30,31)21-9-4-3-5-10-21/h3-12,15-16,27H,13-14,17H2,1-2H3,(H,26,28). The lowest BCUT2D eigenvalue weighted by Gasteiger charge is -2.11. The van der Waals surface area contributed by atoms with Crippen LogP contribution in [0.1, 0.15) is 15.9 Å². The van der Waals surface area contributed by atoms with Gasteiger partial charge in [0.05, 0.1) is 24.7 Å². The van der Waals surface area contributed by atoms with Crippen molar-refractivity contribution in [3.63, 3.8) is 0 Å². The van der Waals surface area contributed by atoms with Crippen molar-refractivity contribution in [2.75, 3.05) is 32.1 Å². The van der Waals surface area contributed by atoms with Gasteiger partial charge < -0.3 is 19.5 Å². The number of sulfonamides is 1. The fraction of sp³-hybridized carbons (Fsp3) is 0.200. The lowest BCUT2D eigenvalue weighted by Crippen LogP contribution is -2.30. The number of nitrogens with one attached hydrogen (secondary N) is 2. The number of hydrogen-bond acceptors (Lipinski definition) is 7. The highest BCUT2D eigenvalue weighted by atomic mass is 32.2. The summed E-state index contributed by atoms with van der Waals surface area (Å²) in [4.78, 5) is 24.5. The average Bonchev–Trinajstić information content (AvgIpc) is 2.87. The molecule has 3 aromatic carbocycles. The fourth-order valence-electron chi connectivity index (χ4n) is 3.17. The van der Waals surface area contributed by atoms with Crippen LogP contribution in [-0.2, 0) is 26.0 Å². The second-order valence-electron chi connectivity index (χ2n) is 7.36. The maximum Gasteiger partial charge on any atom is 0.338 e. The van der Waals surface area contributed by atoms with Crippen LogP contribution in [0.15, 0.2) is 77.7 Å². The number of ether oxygens (including phenoxy) is 3. The molecule has 3 aromatic rings. The van der Waals surface area contributed by atoms with E-state index in [0.29, 0.717) is 24.5 Å². The Kier molecular flexibility index (Phi) is 8.69. The molecule has 0 atom stereocenters. The zero-order valence-corrected chi connectivity index (χ0v) is 20.1. The van der Waals surface area contributed by atoms with E-state index < -0.39 is 28.5 Å². The molecule has 9 nitrogen and oxygen atoms in total. The first kappa shape index (κ1) is 25.6. The van der Waals surface area contributed by atoms with Gasteiger partial charge in [0.2, 0.25) is 0 Å². The van der Waals surface area contributed by atoms with Crippen LogP contribution in [0.25, 0.3) is 0 Å². The fourth-order valence-corrected chi connectivity index (χ4v) is 4.24. The average molecular weight is 499 g/mol. The minimum atomic E-state index is -3.80. The van der Waals surface area contributed by atoms with E-state index >= 15 is 0 Å². The van der Waals surface area contributed by atoms with Crippen molar-refractivity contribution in [1.82, 2.24) is 5.32 Å². The summed E-state index contributed by atoms with van der Waals surface area (Å²) in [6, 6.07) is 19.2. The van der Waals surface area contributed by atoms with Gasteiger partial charge in [-0.3, -0.25) is 9.52 Å². The molecule has 2 N–H and O–H groups in total. The minimum Gasteiger partial charge on any atom is -0.493 e. The molecule has 0 aliphatic rings. The Balaban J connectivity index is 1.49. The summed E-state index contributed by atoms with van der Waals surface area (Å²) in [6.07, 6.45) is 0.545. The third-order valence-electron chi connectivity index (χ3n) is 4.92. The molecule has 0 heterocycles. The Hall–Kier alpha value is -4.05. The van der Waals surface area contributed by atoms with Crippen molar-refractivity contribution >= 4 is 27.6 Å². The van der Waals surface area contributed by atoms with Crippen molar-refractivity contribution in [1.29, 1.82) is 0 Å². The maximum absolute atomic E-state index is 12.5. The van der Waals surface area contributed by atoms with E-state index in [1.807, 2.05) is 12.1 Å². The third-order valence-corrected chi connectivity index (χ3v) is 6.32. The summed E-state index contributed by atoms with van der Waals surface area (Å²) in [5.41, 5.74) is 1.24. The summed E-state index contributed by atoms with van der Waals surface area (Å²) in [7, 11) is -0.703. The van der Waals surface area contributed by atoms with Gasteiger partial charge in [0.15, 0.2) is 18.1 Å². The van der Waals surface area contributed by atoms with Gasteiger partial charge in [-0.25, -0.2) is 13.2 Å². The van der Waals surface area contributed by atoms with E-state index in [2.05, 4.69) is 10.0 Å². The number of hydrogen-bond donors (Lipinski definition) is 2. The molecule has 35 heavy (non-hydrogen) atoms. The van der Waals surface area contributed by atoms with E-state index in [0.717, 1.165) is 5.56 Å². The quantitative estimate of drug-likeness (QED) is 0.390. The molecule has 0 fully saturated rings. The molecular weight excluding hydrogens is 472 g/mol. The van der Waals surface area contributed by atoms with Gasteiger partial charge in [-0.15, -0.1) is 0 Å². The van der Waals surface area contributed by atoms with Crippen LogP contribution in [0.5, 0.6) is 11.5 Å². The molecule has 0 spiro atoms. The number of esters is 1. The zero-order chi connectivity index (χ0) is 25.3. The van der Waals surface area contributed by atoms with Gasteiger partial charge in [0.1, 0.15) is 0 Å². The molecular formula is C25H26N2O7S. The van der Waals surface area contributed by atoms with Crippen LogP contribution in [0.2, 0.25) is 0 Å². The first-order valence-corrected chi connectivity index (χ1v) is 12.1. The van der Waals surface area contributed by atoms with Gasteiger partial charge in [-0.2, -0.15) is 0 Å². The maximum atomic E-state index is 12.5. The molecule has 0 aliphatic heterocycles. The molecule has 0 bridgehead atoms. The molecule has 0 aromatic heterocycles. The highest BCUT2D eigenvalue weighted by molar-refractivity contribution is 7.92. The molecule has 3 rings (SSSR count). The van der Waals surface area contributed by atoms with Crippen molar-refractivity contribution in [2.24, 2.45) is 0 Å². The number of methoxy groups -OCH3 is 2. The van der Waals surface area contributed by atoms with Gasteiger partial charge >= 0.3 is 5.97 Å². The molecule has 0 radical (unpaired) electrons. The molecule has 0 aliphatic carbocycles. The van der Waals surface area contributed by atoms with E-state index in [1.54, 1.807) is 38.5 Å². The first-order chi connectivity index (χ1) is 16.8. The van der Waals surface area contributed by atoms with Gasteiger partial charge in [0, 0.05) is 12.2 Å². The van der Waals surface area contributed by atoms with Crippen molar-refractivity contribution in [3.05, 3.63) is 83.9 Å². The Morgan fingerprint density at radius 1 is 0.857 bits per heavy atom. The van der Waals surface area contributed by atoms with E-state index in [-0.39, 0.29) is 16.1 Å². The Labute approximate surface area is 204 Å². The normalized spacial score (nSPS) is 10.8. The third kappa shape index (κ3) is 7.21. The van der Waals surface area contributed by atoms with Gasteiger partial charge in [-0.1, -0.05) is 30.3 Å². The summed E-state index contributed by atoms with van der Waals surface area (Å²) >= 11 is 0. The second-order valence-corrected chi connectivity index (χ2v) is 9.05. The first-order valence-electron chi connectivity index (χ1n) is 10.6. The van der Waals surface area contributed by atoms with Crippen LogP contribution < -0.4 is 19.5 Å². The Morgan fingerprint density at radius 2 is 1.60 bits per heavy atom. The van der Waals surface area contributed by atoms with Crippen molar-refractivity contribution < 1.29 is 32.2 Å². The monoisotopic (exact) mass is 498 g/mol. The predicted molar refractivity (Wildman–Crippen MR) is 130 cm³/mol. The van der Waals surface area contributed by atoms with Gasteiger partial charge in [0.25, 0.3) is 15.9 Å². The summed E-state index contributed by atoms with van der Waals surface area (Å²) < 4.78 is 42.9. The Bertz CT molecular complexity index is 1280. The number of anilines is 1. The van der Waals surface area contributed by atoms with Crippen molar-refractivity contribution in [3.8, 4) is 11.5 Å². The van der Waals surface area contributed by atoms with Gasteiger partial charge in [-0.05, 0) is 54.4 Å². The number of benzene rings is 3. The Morgan fingerprint density at radius 3 is 2.31 bits per heavy atom. The predicted octanol–water partition coefficient (Wildman–Crippen LogP) is 3.02. The van der Waals surface area contributed by atoms with Crippen LogP contribution in [0.3, 0.4) is 0 Å². The van der Waals surface area contributed by atoms with Crippen molar-refractivity contribution in [2.45, 2.75) is 11.3 Å². The SMILES string of the molecule is COc1ccc(CCNC(=O)COC(=O)c2cccc(NS(=O)(=O)c3ccccc3)c2)cc1OC. The minimum absolute atomic E-state index is 0.0951. The van der Waals surface area contributed by atoms with Crippen LogP contribution >= 0.6 is 0 Å². The molecule has 0 saturated heterocycles. The number of rotatable bonds is 11. The highest BCUT2D eigenvalue weighted by Crippen LogP contribution is 2.27. The smallest absolute Gasteiger partial charge is 0.338 e. The number of carbonyl (C=O) groups is 2. The van der Waals surface area contributed by atoms with Crippen LogP contribution in [0.4, 0.5) is 5.69 Å². The number of carbonyl (C=O) groups excluding carboxylic acids is 2. The topological polar surface area (TPSA) is 120 Å². The summed E-state index contributed by atoms with van der Waals surface area (Å²) in [5, 5.41) is 2.68. The van der Waals surface area contributed by atoms with Crippen LogP contribution in [-0.4, -0.2) is 47.7 Å². The lowest BCUT2D eigenvalue weighted by molar-refractivity contribution is -0.124. The highest BCUT2D eigenvalue weighted by Gasteiger charge is 2.16. The lowest BCUT2D eigenvalue weighted by atomic mass is 10.1.